The first-order valence-electron chi connectivity index (χ1n) is 5.71. The monoisotopic (exact) mass is 253 g/mol. The number of amides is 1. The summed E-state index contributed by atoms with van der Waals surface area (Å²) in [4.78, 5) is 11.6. The summed E-state index contributed by atoms with van der Waals surface area (Å²) in [5.74, 6) is 0.214. The van der Waals surface area contributed by atoms with E-state index in [4.69, 9.17) is 14.9 Å². The number of nitrogens with one attached hydrogen (secondary N) is 1. The van der Waals surface area contributed by atoms with Crippen LogP contribution in [0.3, 0.4) is 0 Å². The topological polar surface area (TPSA) is 78.8 Å². The molecule has 0 aliphatic rings. The van der Waals surface area contributed by atoms with Gasteiger partial charge in [-0.1, -0.05) is 17.7 Å². The van der Waals surface area contributed by atoms with Gasteiger partial charge in [0.05, 0.1) is 18.8 Å². The quantitative estimate of drug-likeness (QED) is 0.678. The average molecular weight is 253 g/mol. The fraction of sp³-hybridized carbons (Fsp3) is 0.462. The van der Waals surface area contributed by atoms with Gasteiger partial charge in [-0.3, -0.25) is 4.79 Å². The molecule has 0 aliphatic heterocycles. The summed E-state index contributed by atoms with van der Waals surface area (Å²) >= 11 is 0. The van der Waals surface area contributed by atoms with Gasteiger partial charge in [-0.2, -0.15) is 0 Å². The van der Waals surface area contributed by atoms with Crippen LogP contribution in [0, 0.1) is 6.92 Å². The van der Waals surface area contributed by atoms with Crippen LogP contribution in [0.25, 0.3) is 0 Å². The summed E-state index contributed by atoms with van der Waals surface area (Å²) in [5, 5.41) is 20.6. The Kier molecular flexibility index (Phi) is 5.12. The first-order chi connectivity index (χ1) is 8.49. The van der Waals surface area contributed by atoms with E-state index in [1.807, 2.05) is 19.1 Å². The van der Waals surface area contributed by atoms with Crippen molar-refractivity contribution in [3.63, 3.8) is 0 Å². The van der Waals surface area contributed by atoms with Crippen LogP contribution in [0.1, 0.15) is 12.5 Å². The Hall–Kier alpha value is -1.59. The van der Waals surface area contributed by atoms with E-state index in [2.05, 4.69) is 5.32 Å². The molecule has 3 N–H and O–H groups in total. The molecule has 0 atom stereocenters. The lowest BCUT2D eigenvalue weighted by molar-refractivity contribution is -0.126. The second-order valence-electron chi connectivity index (χ2n) is 4.53. The highest BCUT2D eigenvalue weighted by molar-refractivity contribution is 5.78. The van der Waals surface area contributed by atoms with Crippen molar-refractivity contribution in [2.75, 3.05) is 19.8 Å². The van der Waals surface area contributed by atoms with Gasteiger partial charge in [0.15, 0.2) is 6.61 Å². The number of carbonyl (C=O) groups excluding carboxylic acids is 1. The van der Waals surface area contributed by atoms with E-state index in [1.165, 1.54) is 0 Å². The molecule has 0 aliphatic carbocycles. The Bertz CT molecular complexity index is 384. The van der Waals surface area contributed by atoms with Crippen molar-refractivity contribution in [2.24, 2.45) is 0 Å². The van der Waals surface area contributed by atoms with Crippen LogP contribution in [0.5, 0.6) is 5.75 Å². The molecule has 5 heteroatoms. The highest BCUT2D eigenvalue weighted by atomic mass is 16.5. The van der Waals surface area contributed by atoms with Crippen molar-refractivity contribution in [1.82, 2.24) is 5.32 Å². The van der Waals surface area contributed by atoms with E-state index in [1.54, 1.807) is 19.1 Å². The van der Waals surface area contributed by atoms with E-state index in [0.29, 0.717) is 5.75 Å². The van der Waals surface area contributed by atoms with E-state index < -0.39 is 5.54 Å². The first-order valence-corrected chi connectivity index (χ1v) is 5.71. The number of ether oxygens (including phenoxy) is 1. The van der Waals surface area contributed by atoms with E-state index >= 15 is 0 Å². The van der Waals surface area contributed by atoms with Crippen molar-refractivity contribution in [1.29, 1.82) is 0 Å². The summed E-state index contributed by atoms with van der Waals surface area (Å²) in [5.41, 5.74) is 0.0909. The van der Waals surface area contributed by atoms with Crippen LogP contribution >= 0.6 is 0 Å². The number of benzene rings is 1. The number of rotatable bonds is 6. The molecule has 0 spiro atoms. The van der Waals surface area contributed by atoms with E-state index in [-0.39, 0.29) is 25.7 Å². The number of aliphatic hydroxyl groups excluding tert-OH is 2. The minimum atomic E-state index is -1.02. The highest BCUT2D eigenvalue weighted by Crippen LogP contribution is 2.11. The summed E-state index contributed by atoms with van der Waals surface area (Å²) in [6, 6.07) is 7.33. The number of hydrogen-bond donors (Lipinski definition) is 3. The molecular weight excluding hydrogens is 234 g/mol. The molecule has 0 saturated carbocycles. The SMILES string of the molecule is Cc1ccc(OCC(=O)NC(C)(CO)CO)cc1. The van der Waals surface area contributed by atoms with Gasteiger partial charge < -0.3 is 20.3 Å². The molecule has 1 aromatic carbocycles. The van der Waals surface area contributed by atoms with Crippen molar-refractivity contribution < 1.29 is 19.7 Å². The van der Waals surface area contributed by atoms with Crippen LogP contribution in [0.15, 0.2) is 24.3 Å². The Labute approximate surface area is 106 Å². The molecule has 18 heavy (non-hydrogen) atoms. The predicted octanol–water partition coefficient (Wildman–Crippen LogP) is 0.233. The fourth-order valence-electron chi connectivity index (χ4n) is 1.29. The highest BCUT2D eigenvalue weighted by Gasteiger charge is 2.24. The van der Waals surface area contributed by atoms with E-state index in [0.717, 1.165) is 5.56 Å². The van der Waals surface area contributed by atoms with Crippen molar-refractivity contribution in [2.45, 2.75) is 19.4 Å². The number of carbonyl (C=O) groups is 1. The summed E-state index contributed by atoms with van der Waals surface area (Å²) in [6.45, 7) is 2.69. The lowest BCUT2D eigenvalue weighted by atomic mass is 10.1. The van der Waals surface area contributed by atoms with Crippen LogP contribution in [0.2, 0.25) is 0 Å². The van der Waals surface area contributed by atoms with Crippen LogP contribution in [-0.2, 0) is 4.79 Å². The zero-order valence-corrected chi connectivity index (χ0v) is 10.6. The maximum absolute atomic E-state index is 11.6. The number of aryl methyl sites for hydroxylation is 1. The smallest absolute Gasteiger partial charge is 0.258 e. The van der Waals surface area contributed by atoms with Gasteiger partial charge in [0.2, 0.25) is 0 Å². The second-order valence-corrected chi connectivity index (χ2v) is 4.53. The third kappa shape index (κ3) is 4.35. The summed E-state index contributed by atoms with van der Waals surface area (Å²) in [7, 11) is 0. The molecular formula is C13H19NO4. The van der Waals surface area contributed by atoms with Gasteiger partial charge in [0, 0.05) is 0 Å². The van der Waals surface area contributed by atoms with Gasteiger partial charge in [-0.15, -0.1) is 0 Å². The normalized spacial score (nSPS) is 11.1. The molecule has 1 amide bonds. The zero-order chi connectivity index (χ0) is 13.6. The van der Waals surface area contributed by atoms with Crippen molar-refractivity contribution in [3.05, 3.63) is 29.8 Å². The molecule has 5 nitrogen and oxygen atoms in total. The van der Waals surface area contributed by atoms with Crippen LogP contribution in [0.4, 0.5) is 0 Å². The molecule has 0 radical (unpaired) electrons. The lowest BCUT2D eigenvalue weighted by Gasteiger charge is -2.26. The Morgan fingerprint density at radius 2 is 1.83 bits per heavy atom. The van der Waals surface area contributed by atoms with Gasteiger partial charge in [0.1, 0.15) is 5.75 Å². The largest absolute Gasteiger partial charge is 0.484 e. The number of hydrogen-bond acceptors (Lipinski definition) is 4. The van der Waals surface area contributed by atoms with Crippen LogP contribution < -0.4 is 10.1 Å². The maximum atomic E-state index is 11.6. The third-order valence-electron chi connectivity index (χ3n) is 2.53. The van der Waals surface area contributed by atoms with Gasteiger partial charge >= 0.3 is 0 Å². The molecule has 0 aromatic heterocycles. The number of aliphatic hydroxyl groups is 2. The molecule has 1 rings (SSSR count). The lowest BCUT2D eigenvalue weighted by Crippen LogP contribution is -2.53. The summed E-state index contributed by atoms with van der Waals surface area (Å²) < 4.78 is 5.28. The third-order valence-corrected chi connectivity index (χ3v) is 2.53. The fourth-order valence-corrected chi connectivity index (χ4v) is 1.29. The standard InChI is InChI=1S/C13H19NO4/c1-10-3-5-11(6-4-10)18-7-12(17)14-13(2,8-15)9-16/h3-6,15-16H,7-9H2,1-2H3,(H,14,17). The van der Waals surface area contributed by atoms with Crippen molar-refractivity contribution in [3.8, 4) is 5.75 Å². The molecule has 0 unspecified atom stereocenters. The molecule has 100 valence electrons. The molecule has 1 aromatic rings. The summed E-state index contributed by atoms with van der Waals surface area (Å²) in [6.07, 6.45) is 0. The van der Waals surface area contributed by atoms with E-state index in [9.17, 15) is 4.79 Å². The first kappa shape index (κ1) is 14.5. The molecule has 0 fully saturated rings. The average Bonchev–Trinajstić information content (AvgIpc) is 2.38. The molecule has 0 bridgehead atoms. The van der Waals surface area contributed by atoms with Gasteiger partial charge in [-0.05, 0) is 26.0 Å². The zero-order valence-electron chi connectivity index (χ0n) is 10.6. The Balaban J connectivity index is 2.44. The van der Waals surface area contributed by atoms with Gasteiger partial charge in [0.25, 0.3) is 5.91 Å². The van der Waals surface area contributed by atoms with Crippen molar-refractivity contribution >= 4 is 5.91 Å². The molecule has 0 saturated heterocycles. The minimum absolute atomic E-state index is 0.154. The van der Waals surface area contributed by atoms with Crippen LogP contribution in [-0.4, -0.2) is 41.5 Å². The Morgan fingerprint density at radius 3 is 2.33 bits per heavy atom. The molecule has 0 heterocycles. The predicted molar refractivity (Wildman–Crippen MR) is 67.4 cm³/mol. The second kappa shape index (κ2) is 6.37. The Morgan fingerprint density at radius 1 is 1.28 bits per heavy atom. The minimum Gasteiger partial charge on any atom is -0.484 e. The maximum Gasteiger partial charge on any atom is 0.258 e. The van der Waals surface area contributed by atoms with Gasteiger partial charge in [-0.25, -0.2) is 0 Å².